The number of hydrogen-bond acceptors (Lipinski definition) is 4. The molecule has 232 valence electrons. The maximum atomic E-state index is 3.67. The molecule has 0 aliphatic carbocycles. The van der Waals surface area contributed by atoms with Crippen LogP contribution >= 0.6 is 0 Å². The molecule has 0 N–H and O–H groups in total. The Hall–Kier alpha value is -1.84. The molecule has 0 atom stereocenters. The summed E-state index contributed by atoms with van der Waals surface area (Å²) in [6.07, 6.45) is 9.75. The fraction of sp³-hybridized carbons (Fsp3) is 0.765. The predicted molar refractivity (Wildman–Crippen MR) is 181 cm³/mol. The van der Waals surface area contributed by atoms with Crippen LogP contribution in [0.3, 0.4) is 0 Å². The van der Waals surface area contributed by atoms with E-state index in [1.54, 1.807) is 36.9 Å². The van der Waals surface area contributed by atoms with Crippen molar-refractivity contribution in [2.24, 2.45) is 21.7 Å². The smallest absolute Gasteiger partial charge is 0.115 e. The van der Waals surface area contributed by atoms with Gasteiger partial charge in [-0.05, 0) is 33.8 Å². The van der Waals surface area contributed by atoms with Crippen LogP contribution in [0.1, 0.15) is 154 Å². The first-order valence-corrected chi connectivity index (χ1v) is 14.4. The Morgan fingerprint density at radius 2 is 0.421 bits per heavy atom. The lowest BCUT2D eigenvalue weighted by Crippen LogP contribution is -1.93. The van der Waals surface area contributed by atoms with E-state index in [9.17, 15) is 0 Å². The average Bonchev–Trinajstić information content (AvgIpc) is 2.76. The Balaban J connectivity index is -0.0000000473. The molecular weight excluding hydrogens is 464 g/mol. The lowest BCUT2D eigenvalue weighted by molar-refractivity contribution is 0.469. The van der Waals surface area contributed by atoms with Crippen molar-refractivity contribution in [3.8, 4) is 0 Å². The first-order chi connectivity index (χ1) is 17.0. The van der Waals surface area contributed by atoms with Crippen molar-refractivity contribution in [2.75, 3.05) is 0 Å². The largest absolute Gasteiger partial charge is 0.245 e. The van der Waals surface area contributed by atoms with E-state index in [1.165, 1.54) is 12.7 Å². The fourth-order valence-corrected chi connectivity index (χ4v) is 0.507. The minimum absolute atomic E-state index is 0. The van der Waals surface area contributed by atoms with Crippen molar-refractivity contribution in [3.05, 3.63) is 49.6 Å². The molecule has 0 fully saturated rings. The van der Waals surface area contributed by atoms with E-state index in [1.807, 2.05) is 41.5 Å². The first-order valence-electron chi connectivity index (χ1n) is 14.4. The van der Waals surface area contributed by atoms with Crippen LogP contribution in [0.25, 0.3) is 0 Å². The van der Waals surface area contributed by atoms with Gasteiger partial charge in [-0.1, -0.05) is 152 Å². The van der Waals surface area contributed by atoms with Crippen LogP contribution in [0.15, 0.2) is 49.6 Å². The molecular formula is C34H76N4. The number of nitrogens with zero attached hydrogens (tertiary/aromatic N) is 4. The summed E-state index contributed by atoms with van der Waals surface area (Å²) in [5.41, 5.74) is 2.00. The van der Waals surface area contributed by atoms with Gasteiger partial charge in [0.1, 0.15) is 12.7 Å². The summed E-state index contributed by atoms with van der Waals surface area (Å²) in [7, 11) is 0. The van der Waals surface area contributed by atoms with Gasteiger partial charge in [0.05, 0.1) is 0 Å². The normalized spacial score (nSPS) is 9.32. The number of aromatic nitrogens is 4. The lowest BCUT2D eigenvalue weighted by atomic mass is 10.0. The van der Waals surface area contributed by atoms with Crippen LogP contribution in [-0.2, 0) is 0 Å². The van der Waals surface area contributed by atoms with Gasteiger partial charge in [-0.15, -0.1) is 0 Å². The van der Waals surface area contributed by atoms with Crippen molar-refractivity contribution in [2.45, 2.75) is 152 Å². The second-order valence-electron chi connectivity index (χ2n) is 13.8. The van der Waals surface area contributed by atoms with Crippen molar-refractivity contribution < 1.29 is 1.43 Å². The van der Waals surface area contributed by atoms with E-state index in [2.05, 4.69) is 131 Å². The topological polar surface area (TPSA) is 51.6 Å². The maximum Gasteiger partial charge on any atom is 0.115 e. The van der Waals surface area contributed by atoms with Gasteiger partial charge in [-0.2, -0.15) is 0 Å². The van der Waals surface area contributed by atoms with Crippen molar-refractivity contribution in [1.29, 1.82) is 0 Å². The summed E-state index contributed by atoms with van der Waals surface area (Å²) in [6.45, 7) is 47.0. The van der Waals surface area contributed by atoms with E-state index in [4.69, 9.17) is 0 Å². The SMILES string of the molecule is CC.CC.CC.CC(C)(C)C.CC(C)(C)C.CC(C)(C)C.CC(C)(C)C.[2HH].c1cncnc1.c1cncnc1. The van der Waals surface area contributed by atoms with Gasteiger partial charge in [0.2, 0.25) is 0 Å². The first kappa shape index (κ1) is 52.6. The highest BCUT2D eigenvalue weighted by Crippen LogP contribution is 2.09. The molecule has 2 heterocycles. The summed E-state index contributed by atoms with van der Waals surface area (Å²) < 4.78 is 0. The fourth-order valence-electron chi connectivity index (χ4n) is 0.507. The average molecular weight is 542 g/mol. The quantitative estimate of drug-likeness (QED) is 0.333. The van der Waals surface area contributed by atoms with Gasteiger partial charge < -0.3 is 0 Å². The summed E-state index contributed by atoms with van der Waals surface area (Å²) >= 11 is 0. The third-order valence-electron chi connectivity index (χ3n) is 0.955. The molecule has 2 aromatic heterocycles. The van der Waals surface area contributed by atoms with Crippen LogP contribution in [0.5, 0.6) is 0 Å². The third kappa shape index (κ3) is 364. The summed E-state index contributed by atoms with van der Waals surface area (Å²) in [4.78, 5) is 14.7. The minimum atomic E-state index is 0. The molecule has 0 radical (unpaired) electrons. The number of rotatable bonds is 0. The zero-order valence-electron chi connectivity index (χ0n) is 30.4. The Morgan fingerprint density at radius 1 is 0.316 bits per heavy atom. The Labute approximate surface area is 244 Å². The molecule has 0 aliphatic rings. The molecule has 2 aromatic rings. The predicted octanol–water partition coefficient (Wildman–Crippen LogP) is 12.5. The Bertz CT molecular complexity index is 420. The molecule has 4 heteroatoms. The van der Waals surface area contributed by atoms with Gasteiger partial charge in [0.15, 0.2) is 0 Å². The molecule has 4 nitrogen and oxygen atoms in total. The minimum Gasteiger partial charge on any atom is -0.245 e. The standard InChI is InChI=1S/4C5H12.2C4H4N2.3C2H6.H2/c4*1-5(2,3)4;2*1-2-5-4-6-3-1;3*1-2;/h4*1-4H3;2*1-4H;3*1-2H3;1H/i;;;;;;;;;1+1. The summed E-state index contributed by atoms with van der Waals surface area (Å²) in [6, 6.07) is 3.56. The highest BCUT2D eigenvalue weighted by atomic mass is 14.8. The molecule has 2 rings (SSSR count). The molecule has 0 unspecified atom stereocenters. The molecule has 0 aromatic carbocycles. The van der Waals surface area contributed by atoms with Gasteiger partial charge in [0, 0.05) is 26.2 Å². The third-order valence-corrected chi connectivity index (χ3v) is 0.955. The van der Waals surface area contributed by atoms with E-state index in [0.717, 1.165) is 0 Å². The molecule has 38 heavy (non-hydrogen) atoms. The molecule has 0 spiro atoms. The van der Waals surface area contributed by atoms with Crippen molar-refractivity contribution in [3.63, 3.8) is 0 Å². The van der Waals surface area contributed by atoms with E-state index < -0.39 is 0 Å². The number of hydrogen-bond donors (Lipinski definition) is 0. The van der Waals surface area contributed by atoms with E-state index in [-0.39, 0.29) is 1.43 Å². The van der Waals surface area contributed by atoms with Crippen LogP contribution in [0.4, 0.5) is 0 Å². The second-order valence-corrected chi connectivity index (χ2v) is 13.8. The van der Waals surface area contributed by atoms with Crippen LogP contribution < -0.4 is 0 Å². The van der Waals surface area contributed by atoms with Crippen LogP contribution in [0.2, 0.25) is 0 Å². The Morgan fingerprint density at radius 3 is 0.447 bits per heavy atom. The maximum absolute atomic E-state index is 3.67. The van der Waals surface area contributed by atoms with Crippen molar-refractivity contribution in [1.82, 2.24) is 19.9 Å². The Kier molecular flexibility index (Phi) is 48.6. The van der Waals surface area contributed by atoms with Gasteiger partial charge in [0.25, 0.3) is 0 Å². The zero-order chi connectivity index (χ0) is 32.5. The zero-order valence-corrected chi connectivity index (χ0v) is 30.4. The molecule has 0 bridgehead atoms. The molecule has 0 saturated heterocycles. The highest BCUT2D eigenvalue weighted by molar-refractivity contribution is 4.74. The molecule has 0 aliphatic heterocycles. The molecule has 0 amide bonds. The van der Waals surface area contributed by atoms with Crippen LogP contribution in [-0.4, -0.2) is 19.9 Å². The van der Waals surface area contributed by atoms with E-state index in [0.29, 0.717) is 21.7 Å². The monoisotopic (exact) mass is 542 g/mol. The van der Waals surface area contributed by atoms with Crippen LogP contribution in [0, 0.1) is 21.7 Å². The van der Waals surface area contributed by atoms with Gasteiger partial charge in [-0.25, -0.2) is 19.9 Å². The summed E-state index contributed by atoms with van der Waals surface area (Å²) in [5, 5.41) is 0. The van der Waals surface area contributed by atoms with Crippen molar-refractivity contribution >= 4 is 0 Å². The van der Waals surface area contributed by atoms with Gasteiger partial charge in [-0.3, -0.25) is 0 Å². The molecule has 0 saturated carbocycles. The second kappa shape index (κ2) is 35.2. The lowest BCUT2D eigenvalue weighted by Gasteiger charge is -2.05. The van der Waals surface area contributed by atoms with E-state index >= 15 is 0 Å². The summed E-state index contributed by atoms with van der Waals surface area (Å²) in [5.74, 6) is 0. The van der Waals surface area contributed by atoms with Gasteiger partial charge >= 0.3 is 0 Å². The highest BCUT2D eigenvalue weighted by Gasteiger charge is 1.96.